The fraction of sp³-hybridized carbons (Fsp3) is 0.944. The second-order valence-corrected chi connectivity index (χ2v) is 8.62. The van der Waals surface area contributed by atoms with Gasteiger partial charge < -0.3 is 15.1 Å². The van der Waals surface area contributed by atoms with Gasteiger partial charge in [-0.15, -0.1) is 0 Å². The Hall–Kier alpha value is -0.650. The van der Waals surface area contributed by atoms with Gasteiger partial charge in [0.2, 0.25) is 5.91 Å². The Labute approximate surface area is 140 Å². The lowest BCUT2D eigenvalue weighted by Gasteiger charge is -2.37. The Kier molecular flexibility index (Phi) is 6.46. The molecule has 134 valence electrons. The van der Waals surface area contributed by atoms with Crippen LogP contribution in [-0.2, 0) is 4.79 Å². The SMILES string of the molecule is CC(C)(C)CC1CCN(CC(=O)N2CCC(C(O)O)CC2)CC1. The molecule has 0 aromatic heterocycles. The van der Waals surface area contributed by atoms with Gasteiger partial charge in [-0.3, -0.25) is 9.69 Å². The fourth-order valence-corrected chi connectivity index (χ4v) is 3.95. The van der Waals surface area contributed by atoms with Gasteiger partial charge in [-0.1, -0.05) is 20.8 Å². The maximum Gasteiger partial charge on any atom is 0.236 e. The number of aliphatic hydroxyl groups excluding tert-OH is 1. The van der Waals surface area contributed by atoms with E-state index in [9.17, 15) is 15.0 Å². The molecule has 2 saturated heterocycles. The lowest BCUT2D eigenvalue weighted by molar-refractivity contribution is -0.138. The van der Waals surface area contributed by atoms with E-state index < -0.39 is 6.29 Å². The molecule has 0 unspecified atom stereocenters. The lowest BCUT2D eigenvalue weighted by atomic mass is 9.80. The molecule has 2 fully saturated rings. The van der Waals surface area contributed by atoms with E-state index >= 15 is 0 Å². The highest BCUT2D eigenvalue weighted by Crippen LogP contribution is 2.30. The van der Waals surface area contributed by atoms with Crippen molar-refractivity contribution in [1.29, 1.82) is 0 Å². The van der Waals surface area contributed by atoms with E-state index in [1.165, 1.54) is 19.3 Å². The summed E-state index contributed by atoms with van der Waals surface area (Å²) < 4.78 is 0. The third-order valence-electron chi connectivity index (χ3n) is 5.28. The van der Waals surface area contributed by atoms with E-state index in [0.717, 1.165) is 19.0 Å². The first-order valence-electron chi connectivity index (χ1n) is 9.11. The van der Waals surface area contributed by atoms with Crippen molar-refractivity contribution in [2.24, 2.45) is 17.3 Å². The minimum atomic E-state index is -1.24. The van der Waals surface area contributed by atoms with Crippen molar-refractivity contribution in [3.8, 4) is 0 Å². The van der Waals surface area contributed by atoms with Gasteiger partial charge in [-0.2, -0.15) is 0 Å². The van der Waals surface area contributed by atoms with Crippen LogP contribution in [0.25, 0.3) is 0 Å². The monoisotopic (exact) mass is 326 g/mol. The van der Waals surface area contributed by atoms with Crippen LogP contribution in [0.5, 0.6) is 0 Å². The van der Waals surface area contributed by atoms with Crippen LogP contribution in [0.4, 0.5) is 0 Å². The second-order valence-electron chi connectivity index (χ2n) is 8.62. The highest BCUT2D eigenvalue weighted by molar-refractivity contribution is 5.78. The highest BCUT2D eigenvalue weighted by Gasteiger charge is 2.29. The predicted octanol–water partition coefficient (Wildman–Crippen LogP) is 1.68. The molecular weight excluding hydrogens is 292 g/mol. The Morgan fingerprint density at radius 3 is 2.09 bits per heavy atom. The first kappa shape index (κ1) is 18.7. The zero-order valence-electron chi connectivity index (χ0n) is 15.0. The van der Waals surface area contributed by atoms with Crippen LogP contribution < -0.4 is 0 Å². The molecule has 2 aliphatic heterocycles. The van der Waals surface area contributed by atoms with Gasteiger partial charge in [0.05, 0.1) is 6.54 Å². The normalized spacial score (nSPS) is 22.8. The second kappa shape index (κ2) is 7.95. The summed E-state index contributed by atoms with van der Waals surface area (Å²) in [6.45, 7) is 10.8. The number of amides is 1. The van der Waals surface area contributed by atoms with Gasteiger partial charge in [0, 0.05) is 19.0 Å². The van der Waals surface area contributed by atoms with Gasteiger partial charge in [0.1, 0.15) is 0 Å². The maximum absolute atomic E-state index is 12.4. The third-order valence-corrected chi connectivity index (χ3v) is 5.28. The van der Waals surface area contributed by atoms with Crippen LogP contribution in [0.15, 0.2) is 0 Å². The van der Waals surface area contributed by atoms with E-state index in [1.54, 1.807) is 0 Å². The highest BCUT2D eigenvalue weighted by atomic mass is 16.5. The first-order valence-corrected chi connectivity index (χ1v) is 9.11. The van der Waals surface area contributed by atoms with Crippen molar-refractivity contribution in [2.45, 2.75) is 59.2 Å². The van der Waals surface area contributed by atoms with Crippen LogP contribution in [0.1, 0.15) is 52.9 Å². The largest absolute Gasteiger partial charge is 0.368 e. The number of nitrogens with zero attached hydrogens (tertiary/aromatic N) is 2. The summed E-state index contributed by atoms with van der Waals surface area (Å²) in [7, 11) is 0. The summed E-state index contributed by atoms with van der Waals surface area (Å²) in [6.07, 6.45) is 3.81. The Morgan fingerprint density at radius 2 is 1.61 bits per heavy atom. The van der Waals surface area contributed by atoms with Crippen molar-refractivity contribution < 1.29 is 15.0 Å². The molecule has 1 amide bonds. The van der Waals surface area contributed by atoms with Crippen LogP contribution in [0, 0.1) is 17.3 Å². The molecule has 0 radical (unpaired) electrons. The molecule has 0 aromatic rings. The molecule has 0 spiro atoms. The molecule has 2 aliphatic rings. The Morgan fingerprint density at radius 1 is 1.04 bits per heavy atom. The molecular formula is C18H34N2O3. The number of carbonyl (C=O) groups excluding carboxylic acids is 1. The van der Waals surface area contributed by atoms with Crippen molar-refractivity contribution in [3.63, 3.8) is 0 Å². The van der Waals surface area contributed by atoms with Crippen LogP contribution in [0.2, 0.25) is 0 Å². The van der Waals surface area contributed by atoms with E-state index in [0.29, 0.717) is 37.9 Å². The van der Waals surface area contributed by atoms with Crippen LogP contribution in [0.3, 0.4) is 0 Å². The number of rotatable bonds is 4. The van der Waals surface area contributed by atoms with E-state index in [2.05, 4.69) is 25.7 Å². The zero-order valence-corrected chi connectivity index (χ0v) is 15.0. The summed E-state index contributed by atoms with van der Waals surface area (Å²) in [4.78, 5) is 16.6. The van der Waals surface area contributed by atoms with Gasteiger partial charge in [0.25, 0.3) is 0 Å². The van der Waals surface area contributed by atoms with E-state index in [-0.39, 0.29) is 11.8 Å². The third kappa shape index (κ3) is 6.05. The number of likely N-dealkylation sites (tertiary alicyclic amines) is 2. The lowest BCUT2D eigenvalue weighted by Crippen LogP contribution is -2.47. The van der Waals surface area contributed by atoms with Crippen molar-refractivity contribution in [1.82, 2.24) is 9.80 Å². The van der Waals surface area contributed by atoms with Gasteiger partial charge in [0.15, 0.2) is 6.29 Å². The Bertz CT molecular complexity index is 376. The summed E-state index contributed by atoms with van der Waals surface area (Å²) in [5, 5.41) is 18.4. The van der Waals surface area contributed by atoms with E-state index in [4.69, 9.17) is 0 Å². The topological polar surface area (TPSA) is 64.0 Å². The maximum atomic E-state index is 12.4. The molecule has 0 aliphatic carbocycles. The molecule has 0 saturated carbocycles. The molecule has 5 nitrogen and oxygen atoms in total. The number of piperidine rings is 2. The molecule has 0 atom stereocenters. The summed E-state index contributed by atoms with van der Waals surface area (Å²) in [5.74, 6) is 0.917. The summed E-state index contributed by atoms with van der Waals surface area (Å²) in [6, 6.07) is 0. The predicted molar refractivity (Wildman–Crippen MR) is 90.8 cm³/mol. The molecule has 2 rings (SSSR count). The number of carbonyl (C=O) groups is 1. The van der Waals surface area contributed by atoms with Crippen LogP contribution >= 0.6 is 0 Å². The van der Waals surface area contributed by atoms with Gasteiger partial charge >= 0.3 is 0 Å². The standard InChI is InChI=1S/C18H34N2O3/c1-18(2,3)12-14-4-8-19(9-5-14)13-16(21)20-10-6-15(7-11-20)17(22)23/h14-15,17,22-23H,4-13H2,1-3H3. The van der Waals surface area contributed by atoms with Gasteiger partial charge in [-0.25, -0.2) is 0 Å². The molecule has 2 heterocycles. The van der Waals surface area contributed by atoms with Crippen molar-refractivity contribution in [3.05, 3.63) is 0 Å². The quantitative estimate of drug-likeness (QED) is 0.772. The van der Waals surface area contributed by atoms with Crippen LogP contribution in [-0.4, -0.2) is 64.9 Å². The Balaban J connectivity index is 1.69. The minimum Gasteiger partial charge on any atom is -0.368 e. The number of hydrogen-bond acceptors (Lipinski definition) is 4. The fourth-order valence-electron chi connectivity index (χ4n) is 3.95. The summed E-state index contributed by atoms with van der Waals surface area (Å²) in [5.41, 5.74) is 0.393. The minimum absolute atomic E-state index is 0.0767. The molecule has 5 heteroatoms. The average molecular weight is 326 g/mol. The smallest absolute Gasteiger partial charge is 0.236 e. The van der Waals surface area contributed by atoms with Gasteiger partial charge in [-0.05, 0) is 56.5 Å². The number of hydrogen-bond donors (Lipinski definition) is 2. The zero-order chi connectivity index (χ0) is 17.0. The van der Waals surface area contributed by atoms with Crippen molar-refractivity contribution >= 4 is 5.91 Å². The van der Waals surface area contributed by atoms with E-state index in [1.807, 2.05) is 4.90 Å². The average Bonchev–Trinajstić information content (AvgIpc) is 2.48. The first-order chi connectivity index (χ1) is 10.7. The number of aliphatic hydroxyl groups is 2. The molecule has 23 heavy (non-hydrogen) atoms. The summed E-state index contributed by atoms with van der Waals surface area (Å²) >= 11 is 0. The molecule has 0 bridgehead atoms. The molecule has 2 N–H and O–H groups in total. The molecule has 0 aromatic carbocycles. The van der Waals surface area contributed by atoms with Crippen molar-refractivity contribution in [2.75, 3.05) is 32.7 Å².